The lowest BCUT2D eigenvalue weighted by atomic mass is 10.2. The molecule has 1 atom stereocenters. The van der Waals surface area contributed by atoms with Crippen molar-refractivity contribution in [3.8, 4) is 0 Å². The van der Waals surface area contributed by atoms with Crippen LogP contribution in [-0.2, 0) is 9.57 Å². The minimum atomic E-state index is -0.567. The summed E-state index contributed by atoms with van der Waals surface area (Å²) in [4.78, 5) is 17.4. The number of hydrogen-bond donors (Lipinski definition) is 3. The first-order chi connectivity index (χ1) is 9.65. The van der Waals surface area contributed by atoms with E-state index in [-0.39, 0.29) is 32.0 Å². The molecule has 8 heteroatoms. The van der Waals surface area contributed by atoms with Gasteiger partial charge in [0.25, 0.3) is 0 Å². The Balaban J connectivity index is 2.09. The third-order valence-corrected chi connectivity index (χ3v) is 2.85. The molecule has 20 heavy (non-hydrogen) atoms. The predicted molar refractivity (Wildman–Crippen MR) is 69.7 cm³/mol. The molecular formula is C12H16FN3O4. The van der Waals surface area contributed by atoms with E-state index in [0.29, 0.717) is 5.69 Å². The molecule has 1 unspecified atom stereocenters. The number of hydrogen-bond acceptors (Lipinski definition) is 6. The zero-order chi connectivity index (χ0) is 14.5. The molecule has 1 heterocycles. The maximum Gasteiger partial charge on any atom is 0.414 e. The number of carbonyl (C=O) groups excluding carboxylic acids is 1. The summed E-state index contributed by atoms with van der Waals surface area (Å²) in [5.41, 5.74) is 0.652. The first-order valence-corrected chi connectivity index (χ1v) is 6.10. The second-order valence-electron chi connectivity index (χ2n) is 4.26. The smallest absolute Gasteiger partial charge is 0.414 e. The standard InChI is InChI=1S/C12H16FN3O4/c13-10-5-8(1-2-11(10)15-3-4-17)16-6-9(7-19-14)20-12(16)18/h1-2,5,9,15,17H,3-4,6-7,14H2. The summed E-state index contributed by atoms with van der Waals surface area (Å²) in [6.07, 6.45) is -1.04. The van der Waals surface area contributed by atoms with Crippen molar-refractivity contribution < 1.29 is 23.9 Å². The molecule has 7 nitrogen and oxygen atoms in total. The van der Waals surface area contributed by atoms with Crippen LogP contribution < -0.4 is 16.1 Å². The Morgan fingerprint density at radius 3 is 3.05 bits per heavy atom. The van der Waals surface area contributed by atoms with E-state index in [9.17, 15) is 9.18 Å². The number of rotatable bonds is 6. The lowest BCUT2D eigenvalue weighted by Crippen LogP contribution is -2.26. The quantitative estimate of drug-likeness (QED) is 0.656. The lowest BCUT2D eigenvalue weighted by molar-refractivity contribution is 0.0460. The van der Waals surface area contributed by atoms with Crippen LogP contribution in [-0.4, -0.2) is 43.6 Å². The van der Waals surface area contributed by atoms with Crippen LogP contribution >= 0.6 is 0 Å². The van der Waals surface area contributed by atoms with Crippen LogP contribution in [0.15, 0.2) is 18.2 Å². The number of nitrogens with one attached hydrogen (secondary N) is 1. The van der Waals surface area contributed by atoms with E-state index < -0.39 is 18.0 Å². The topological polar surface area (TPSA) is 97.0 Å². The summed E-state index contributed by atoms with van der Waals surface area (Å²) in [6, 6.07) is 4.32. The SMILES string of the molecule is NOCC1CN(c2ccc(NCCO)c(F)c2)C(=O)O1. The van der Waals surface area contributed by atoms with Gasteiger partial charge < -0.3 is 20.0 Å². The van der Waals surface area contributed by atoms with Crippen LogP contribution in [0, 0.1) is 5.82 Å². The van der Waals surface area contributed by atoms with Gasteiger partial charge in [0.15, 0.2) is 0 Å². The fourth-order valence-electron chi connectivity index (χ4n) is 1.93. The van der Waals surface area contributed by atoms with Crippen LogP contribution in [0.5, 0.6) is 0 Å². The molecule has 0 spiro atoms. The summed E-state index contributed by atoms with van der Waals surface area (Å²) in [5.74, 6) is 4.42. The van der Waals surface area contributed by atoms with Crippen molar-refractivity contribution >= 4 is 17.5 Å². The Kier molecular flexibility index (Phi) is 4.72. The van der Waals surface area contributed by atoms with Crippen molar-refractivity contribution in [3.63, 3.8) is 0 Å². The number of cyclic esters (lactones) is 1. The highest BCUT2D eigenvalue weighted by molar-refractivity contribution is 5.90. The molecule has 0 saturated carbocycles. The van der Waals surface area contributed by atoms with Crippen molar-refractivity contribution in [1.82, 2.24) is 0 Å². The Morgan fingerprint density at radius 2 is 2.40 bits per heavy atom. The van der Waals surface area contributed by atoms with E-state index in [1.807, 2.05) is 0 Å². The third-order valence-electron chi connectivity index (χ3n) is 2.85. The summed E-state index contributed by atoms with van der Waals surface area (Å²) in [7, 11) is 0. The van der Waals surface area contributed by atoms with Gasteiger partial charge in [-0.1, -0.05) is 0 Å². The van der Waals surface area contributed by atoms with Crippen molar-refractivity contribution in [2.24, 2.45) is 5.90 Å². The van der Waals surface area contributed by atoms with Gasteiger partial charge in [0, 0.05) is 6.54 Å². The molecule has 0 radical (unpaired) electrons. The molecule has 2 rings (SSSR count). The van der Waals surface area contributed by atoms with E-state index in [0.717, 1.165) is 0 Å². The largest absolute Gasteiger partial charge is 0.441 e. The molecule has 0 aliphatic carbocycles. The molecule has 1 amide bonds. The van der Waals surface area contributed by atoms with Gasteiger partial charge in [-0.3, -0.25) is 4.90 Å². The number of nitrogens with two attached hydrogens (primary N) is 1. The van der Waals surface area contributed by atoms with E-state index in [1.165, 1.54) is 17.0 Å². The Labute approximate surface area is 115 Å². The van der Waals surface area contributed by atoms with Crippen LogP contribution in [0.4, 0.5) is 20.6 Å². The van der Waals surface area contributed by atoms with Gasteiger partial charge >= 0.3 is 6.09 Å². The Morgan fingerprint density at radius 1 is 1.60 bits per heavy atom. The highest BCUT2D eigenvalue weighted by Crippen LogP contribution is 2.25. The van der Waals surface area contributed by atoms with E-state index in [1.54, 1.807) is 6.07 Å². The van der Waals surface area contributed by atoms with Gasteiger partial charge in [0.2, 0.25) is 0 Å². The maximum atomic E-state index is 13.8. The number of benzene rings is 1. The van der Waals surface area contributed by atoms with E-state index in [2.05, 4.69) is 10.2 Å². The average Bonchev–Trinajstić information content (AvgIpc) is 2.79. The number of aliphatic hydroxyl groups is 1. The fourth-order valence-corrected chi connectivity index (χ4v) is 1.93. The van der Waals surface area contributed by atoms with Gasteiger partial charge in [-0.2, -0.15) is 0 Å². The number of aliphatic hydroxyl groups excluding tert-OH is 1. The van der Waals surface area contributed by atoms with Gasteiger partial charge in [0.05, 0.1) is 24.5 Å². The number of halogens is 1. The molecule has 0 aromatic heterocycles. The minimum Gasteiger partial charge on any atom is -0.441 e. The predicted octanol–water partition coefficient (Wildman–Crippen LogP) is 0.445. The first kappa shape index (κ1) is 14.5. The van der Waals surface area contributed by atoms with E-state index in [4.69, 9.17) is 15.7 Å². The molecule has 110 valence electrons. The number of anilines is 2. The van der Waals surface area contributed by atoms with Crippen LogP contribution in [0.2, 0.25) is 0 Å². The Bertz CT molecular complexity index is 486. The second kappa shape index (κ2) is 6.51. The summed E-state index contributed by atoms with van der Waals surface area (Å²) >= 11 is 0. The molecule has 0 bridgehead atoms. The van der Waals surface area contributed by atoms with Crippen molar-refractivity contribution in [1.29, 1.82) is 0 Å². The number of nitrogens with zero attached hydrogens (tertiary/aromatic N) is 1. The second-order valence-corrected chi connectivity index (χ2v) is 4.26. The monoisotopic (exact) mass is 285 g/mol. The normalized spacial score (nSPS) is 18.2. The van der Waals surface area contributed by atoms with Gasteiger partial charge in [-0.25, -0.2) is 15.1 Å². The first-order valence-electron chi connectivity index (χ1n) is 6.10. The molecule has 4 N–H and O–H groups in total. The minimum absolute atomic E-state index is 0.0842. The zero-order valence-corrected chi connectivity index (χ0v) is 10.7. The van der Waals surface area contributed by atoms with Gasteiger partial charge in [0.1, 0.15) is 18.5 Å². The van der Waals surface area contributed by atoms with Crippen molar-refractivity contribution in [2.75, 3.05) is 36.5 Å². The molecule has 1 aromatic carbocycles. The molecule has 1 saturated heterocycles. The summed E-state index contributed by atoms with van der Waals surface area (Å²) in [5, 5.41) is 11.4. The van der Waals surface area contributed by atoms with Crippen LogP contribution in [0.25, 0.3) is 0 Å². The summed E-state index contributed by atoms with van der Waals surface area (Å²) < 4.78 is 18.8. The van der Waals surface area contributed by atoms with Crippen LogP contribution in [0.1, 0.15) is 0 Å². The molecule has 1 fully saturated rings. The number of carbonyl (C=O) groups is 1. The van der Waals surface area contributed by atoms with Crippen molar-refractivity contribution in [2.45, 2.75) is 6.10 Å². The zero-order valence-electron chi connectivity index (χ0n) is 10.7. The average molecular weight is 285 g/mol. The molecule has 1 aliphatic heterocycles. The van der Waals surface area contributed by atoms with Crippen LogP contribution in [0.3, 0.4) is 0 Å². The van der Waals surface area contributed by atoms with Gasteiger partial charge in [-0.15, -0.1) is 0 Å². The maximum absolute atomic E-state index is 13.8. The number of ether oxygens (including phenoxy) is 1. The highest BCUT2D eigenvalue weighted by atomic mass is 19.1. The number of amides is 1. The van der Waals surface area contributed by atoms with E-state index >= 15 is 0 Å². The molecule has 1 aliphatic rings. The molecule has 1 aromatic rings. The highest BCUT2D eigenvalue weighted by Gasteiger charge is 2.32. The third kappa shape index (κ3) is 3.16. The fraction of sp³-hybridized carbons (Fsp3) is 0.417. The molecular weight excluding hydrogens is 269 g/mol. The van der Waals surface area contributed by atoms with Crippen molar-refractivity contribution in [3.05, 3.63) is 24.0 Å². The van der Waals surface area contributed by atoms with Gasteiger partial charge in [-0.05, 0) is 18.2 Å². The lowest BCUT2D eigenvalue weighted by Gasteiger charge is -2.14. The Hall–Kier alpha value is -1.90. The summed E-state index contributed by atoms with van der Waals surface area (Å²) in [6.45, 7) is 0.484.